The predicted molar refractivity (Wildman–Crippen MR) is 98.1 cm³/mol. The van der Waals surface area contributed by atoms with E-state index in [1.807, 2.05) is 12.1 Å². The molecule has 0 heterocycles. The molecule has 1 aromatic carbocycles. The van der Waals surface area contributed by atoms with Crippen LogP contribution in [0.1, 0.15) is 51.0 Å². The molecule has 0 saturated heterocycles. The van der Waals surface area contributed by atoms with E-state index in [2.05, 4.69) is 0 Å². The minimum absolute atomic E-state index is 0.379. The summed E-state index contributed by atoms with van der Waals surface area (Å²) < 4.78 is 0. The standard InChI is InChI=1S/C18H26Cl2O5/c1-12(21)18(25,17(23)24)11-15(22)7-5-3-2-4-6-13-8-9-14(19)10-16(13)20/h8-10,12,15,21-22,25H,2-7,11H2,1H3,(H,23,24)/t12-,15+,18-/m1/s1. The van der Waals surface area contributed by atoms with Crippen LogP contribution in [0.2, 0.25) is 10.0 Å². The average molecular weight is 393 g/mol. The summed E-state index contributed by atoms with van der Waals surface area (Å²) in [6.07, 6.45) is 1.90. The number of carbonyl (C=O) groups is 1. The molecule has 0 aliphatic rings. The monoisotopic (exact) mass is 392 g/mol. The van der Waals surface area contributed by atoms with Crippen molar-refractivity contribution in [1.82, 2.24) is 0 Å². The number of aryl methyl sites for hydroxylation is 1. The van der Waals surface area contributed by atoms with Gasteiger partial charge in [-0.15, -0.1) is 0 Å². The van der Waals surface area contributed by atoms with Crippen molar-refractivity contribution in [2.75, 3.05) is 0 Å². The lowest BCUT2D eigenvalue weighted by Crippen LogP contribution is -2.50. The Bertz CT molecular complexity index is 564. The number of aliphatic hydroxyl groups is 3. The van der Waals surface area contributed by atoms with E-state index in [0.29, 0.717) is 22.9 Å². The molecule has 1 aromatic rings. The highest BCUT2D eigenvalue weighted by Gasteiger charge is 2.42. The number of carboxylic acids is 1. The first-order chi connectivity index (χ1) is 11.7. The summed E-state index contributed by atoms with van der Waals surface area (Å²) in [5.41, 5.74) is -1.26. The zero-order valence-corrected chi connectivity index (χ0v) is 15.8. The van der Waals surface area contributed by atoms with E-state index in [4.69, 9.17) is 28.3 Å². The molecule has 0 spiro atoms. The van der Waals surface area contributed by atoms with Crippen LogP contribution in [-0.4, -0.2) is 44.2 Å². The number of halogens is 2. The lowest BCUT2D eigenvalue weighted by atomic mass is 9.89. The minimum Gasteiger partial charge on any atom is -0.479 e. The second kappa shape index (κ2) is 10.3. The van der Waals surface area contributed by atoms with Gasteiger partial charge in [-0.1, -0.05) is 48.5 Å². The van der Waals surface area contributed by atoms with Gasteiger partial charge in [-0.3, -0.25) is 0 Å². The first-order valence-corrected chi connectivity index (χ1v) is 9.18. The fraction of sp³-hybridized carbons (Fsp3) is 0.611. The highest BCUT2D eigenvalue weighted by atomic mass is 35.5. The molecule has 0 aliphatic heterocycles. The van der Waals surface area contributed by atoms with Gasteiger partial charge in [0.2, 0.25) is 0 Å². The summed E-state index contributed by atoms with van der Waals surface area (Å²) in [6, 6.07) is 5.45. The molecule has 0 saturated carbocycles. The van der Waals surface area contributed by atoms with E-state index < -0.39 is 23.8 Å². The van der Waals surface area contributed by atoms with Gasteiger partial charge >= 0.3 is 5.97 Å². The normalized spacial score (nSPS) is 16.2. The molecular formula is C18H26Cl2O5. The van der Waals surface area contributed by atoms with Crippen molar-refractivity contribution >= 4 is 29.2 Å². The first-order valence-electron chi connectivity index (χ1n) is 8.42. The Hall–Kier alpha value is -0.850. The molecule has 142 valence electrons. The third-order valence-electron chi connectivity index (χ3n) is 4.36. The lowest BCUT2D eigenvalue weighted by Gasteiger charge is -2.28. The van der Waals surface area contributed by atoms with Crippen LogP contribution in [0.5, 0.6) is 0 Å². The average Bonchev–Trinajstić information content (AvgIpc) is 2.51. The van der Waals surface area contributed by atoms with Gasteiger partial charge < -0.3 is 20.4 Å². The van der Waals surface area contributed by atoms with Gasteiger partial charge in [-0.05, 0) is 43.9 Å². The molecule has 3 atom stereocenters. The smallest absolute Gasteiger partial charge is 0.338 e. The second-order valence-corrected chi connectivity index (χ2v) is 7.30. The van der Waals surface area contributed by atoms with Crippen LogP contribution < -0.4 is 0 Å². The lowest BCUT2D eigenvalue weighted by molar-refractivity contribution is -0.175. The molecule has 4 N–H and O–H groups in total. The summed E-state index contributed by atoms with van der Waals surface area (Å²) in [6.45, 7) is 1.20. The van der Waals surface area contributed by atoms with Crippen molar-refractivity contribution in [1.29, 1.82) is 0 Å². The molecule has 0 aliphatic carbocycles. The topological polar surface area (TPSA) is 98.0 Å². The molecule has 7 heteroatoms. The fourth-order valence-electron chi connectivity index (χ4n) is 2.67. The van der Waals surface area contributed by atoms with E-state index in [1.54, 1.807) is 6.07 Å². The Morgan fingerprint density at radius 1 is 1.16 bits per heavy atom. The zero-order valence-electron chi connectivity index (χ0n) is 14.3. The summed E-state index contributed by atoms with van der Waals surface area (Å²) in [4.78, 5) is 11.1. The van der Waals surface area contributed by atoms with Gasteiger partial charge in [-0.2, -0.15) is 0 Å². The molecule has 0 radical (unpaired) electrons. The SMILES string of the molecule is C[C@@H](O)[C@](O)(C[C@@H](O)CCCCCCc1ccc(Cl)cc1Cl)C(=O)O. The Labute approximate surface area is 158 Å². The summed E-state index contributed by atoms with van der Waals surface area (Å²) in [5.74, 6) is -1.53. The van der Waals surface area contributed by atoms with Crippen molar-refractivity contribution in [3.8, 4) is 0 Å². The summed E-state index contributed by atoms with van der Waals surface area (Å²) in [5, 5.41) is 39.5. The van der Waals surface area contributed by atoms with Crippen LogP contribution in [-0.2, 0) is 11.2 Å². The number of unbranched alkanes of at least 4 members (excludes halogenated alkanes) is 3. The molecule has 0 aromatic heterocycles. The molecule has 5 nitrogen and oxygen atoms in total. The molecule has 0 fully saturated rings. The second-order valence-electron chi connectivity index (χ2n) is 6.45. The Kier molecular flexibility index (Phi) is 9.17. The molecule has 0 amide bonds. The number of hydrogen-bond acceptors (Lipinski definition) is 4. The van der Waals surface area contributed by atoms with Crippen LogP contribution in [0.3, 0.4) is 0 Å². The third kappa shape index (κ3) is 7.12. The van der Waals surface area contributed by atoms with Crippen molar-refractivity contribution in [3.05, 3.63) is 33.8 Å². The van der Waals surface area contributed by atoms with Gasteiger partial charge in [0.25, 0.3) is 0 Å². The van der Waals surface area contributed by atoms with Gasteiger partial charge in [-0.25, -0.2) is 4.79 Å². The van der Waals surface area contributed by atoms with Crippen LogP contribution >= 0.6 is 23.2 Å². The maximum atomic E-state index is 11.1. The summed E-state index contributed by atoms with van der Waals surface area (Å²) >= 11 is 12.0. The zero-order chi connectivity index (χ0) is 19.0. The van der Waals surface area contributed by atoms with Crippen molar-refractivity contribution in [3.63, 3.8) is 0 Å². The first kappa shape index (κ1) is 22.2. The molecule has 0 bridgehead atoms. The van der Waals surface area contributed by atoms with Crippen LogP contribution in [0.15, 0.2) is 18.2 Å². The van der Waals surface area contributed by atoms with E-state index in [9.17, 15) is 20.1 Å². The fourth-order valence-corrected chi connectivity index (χ4v) is 3.17. The van der Waals surface area contributed by atoms with Crippen LogP contribution in [0.25, 0.3) is 0 Å². The molecule has 1 rings (SSSR count). The van der Waals surface area contributed by atoms with Crippen molar-refractivity contribution in [2.24, 2.45) is 0 Å². The molecular weight excluding hydrogens is 367 g/mol. The highest BCUT2D eigenvalue weighted by Crippen LogP contribution is 2.24. The van der Waals surface area contributed by atoms with Crippen molar-refractivity contribution < 1.29 is 25.2 Å². The predicted octanol–water partition coefficient (Wildman–Crippen LogP) is 3.43. The van der Waals surface area contributed by atoms with E-state index in [-0.39, 0.29) is 6.42 Å². The number of rotatable bonds is 11. The highest BCUT2D eigenvalue weighted by molar-refractivity contribution is 6.35. The van der Waals surface area contributed by atoms with Crippen molar-refractivity contribution in [2.45, 2.75) is 69.7 Å². The third-order valence-corrected chi connectivity index (χ3v) is 4.94. The molecule has 0 unspecified atom stereocenters. The van der Waals surface area contributed by atoms with Gasteiger partial charge in [0.1, 0.15) is 0 Å². The number of benzene rings is 1. The molecule has 25 heavy (non-hydrogen) atoms. The maximum Gasteiger partial charge on any atom is 0.338 e. The largest absolute Gasteiger partial charge is 0.479 e. The van der Waals surface area contributed by atoms with E-state index >= 15 is 0 Å². The van der Waals surface area contributed by atoms with Crippen LogP contribution in [0, 0.1) is 0 Å². The quantitative estimate of drug-likeness (QED) is 0.432. The Balaban J connectivity index is 2.25. The number of hydrogen-bond donors (Lipinski definition) is 4. The number of aliphatic carboxylic acids is 1. The van der Waals surface area contributed by atoms with Gasteiger partial charge in [0.15, 0.2) is 5.60 Å². The van der Waals surface area contributed by atoms with Crippen LogP contribution in [0.4, 0.5) is 0 Å². The Morgan fingerprint density at radius 3 is 2.36 bits per heavy atom. The van der Waals surface area contributed by atoms with Gasteiger partial charge in [0, 0.05) is 16.5 Å². The number of aliphatic hydroxyl groups excluding tert-OH is 2. The number of carboxylic acid groups (broad SMARTS) is 1. The maximum absolute atomic E-state index is 11.1. The van der Waals surface area contributed by atoms with Gasteiger partial charge in [0.05, 0.1) is 12.2 Å². The summed E-state index contributed by atoms with van der Waals surface area (Å²) in [7, 11) is 0. The minimum atomic E-state index is -2.31. The Morgan fingerprint density at radius 2 is 1.80 bits per heavy atom. The van der Waals surface area contributed by atoms with E-state index in [0.717, 1.165) is 31.2 Å². The van der Waals surface area contributed by atoms with E-state index in [1.165, 1.54) is 6.92 Å².